The first kappa shape index (κ1) is 17.4. The maximum Gasteiger partial charge on any atom is 0.240 e. The van der Waals surface area contributed by atoms with Crippen LogP contribution in [0.3, 0.4) is 0 Å². The zero-order chi connectivity index (χ0) is 11.1. The van der Waals surface area contributed by atoms with Gasteiger partial charge in [-0.3, -0.25) is 4.79 Å². The lowest BCUT2D eigenvalue weighted by atomic mass is 10.6. The third kappa shape index (κ3) is 130. The number of nitriles is 1. The highest BCUT2D eigenvalue weighted by Gasteiger charge is 1.69. The van der Waals surface area contributed by atoms with Gasteiger partial charge in [-0.05, 0) is 6.08 Å². The number of allylic oxidation sites excluding steroid dienone is 1. The van der Waals surface area contributed by atoms with Crippen molar-refractivity contribution in [2.75, 3.05) is 13.2 Å². The van der Waals surface area contributed by atoms with E-state index >= 15 is 0 Å². The van der Waals surface area contributed by atoms with Gasteiger partial charge < -0.3 is 15.9 Å². The van der Waals surface area contributed by atoms with Gasteiger partial charge in [-0.2, -0.15) is 5.26 Å². The zero-order valence-electron chi connectivity index (χ0n) is 7.31. The van der Waals surface area contributed by atoms with Crippen molar-refractivity contribution in [3.8, 4) is 6.07 Å². The molecular formula is C8H14N2O3. The van der Waals surface area contributed by atoms with E-state index in [9.17, 15) is 4.79 Å². The number of carbonyl (C=O) groups is 1. The van der Waals surface area contributed by atoms with Crippen LogP contribution < -0.4 is 5.73 Å². The molecule has 0 spiro atoms. The fourth-order valence-corrected chi connectivity index (χ4v) is 0. The summed E-state index contributed by atoms with van der Waals surface area (Å²) in [6.07, 6.45) is 2.24. The number of hydrogen-bond donors (Lipinski definition) is 3. The fourth-order valence-electron chi connectivity index (χ4n) is 0. The van der Waals surface area contributed by atoms with Crippen LogP contribution in [0.1, 0.15) is 0 Å². The molecule has 0 aromatic heterocycles. The first-order valence-corrected chi connectivity index (χ1v) is 3.24. The van der Waals surface area contributed by atoms with Crippen molar-refractivity contribution >= 4 is 5.91 Å². The molecule has 0 rings (SSSR count). The van der Waals surface area contributed by atoms with Crippen LogP contribution in [0.2, 0.25) is 0 Å². The van der Waals surface area contributed by atoms with Crippen LogP contribution in [0, 0.1) is 11.3 Å². The lowest BCUT2D eigenvalue weighted by Gasteiger charge is -1.70. The van der Waals surface area contributed by atoms with E-state index in [0.717, 1.165) is 6.08 Å². The van der Waals surface area contributed by atoms with Gasteiger partial charge >= 0.3 is 0 Å². The number of amides is 1. The van der Waals surface area contributed by atoms with Crippen LogP contribution in [0.5, 0.6) is 0 Å². The zero-order valence-corrected chi connectivity index (χ0v) is 7.31. The molecule has 74 valence electrons. The Kier molecular flexibility index (Phi) is 30.1. The van der Waals surface area contributed by atoms with Gasteiger partial charge in [0.1, 0.15) is 0 Å². The molecule has 0 heterocycles. The molecule has 0 fully saturated rings. The summed E-state index contributed by atoms with van der Waals surface area (Å²) in [5, 5.41) is 22.8. The van der Waals surface area contributed by atoms with E-state index in [2.05, 4.69) is 18.9 Å². The molecule has 1 amide bonds. The molecular weight excluding hydrogens is 172 g/mol. The Morgan fingerprint density at radius 2 is 1.69 bits per heavy atom. The summed E-state index contributed by atoms with van der Waals surface area (Å²) >= 11 is 0. The van der Waals surface area contributed by atoms with E-state index in [1.165, 1.54) is 6.08 Å². The Morgan fingerprint density at radius 1 is 1.46 bits per heavy atom. The minimum absolute atomic E-state index is 0.125. The van der Waals surface area contributed by atoms with E-state index in [1.54, 1.807) is 6.07 Å². The summed E-state index contributed by atoms with van der Waals surface area (Å²) in [5.41, 5.74) is 4.53. The Hall–Kier alpha value is -1.64. The molecule has 0 aromatic rings. The van der Waals surface area contributed by atoms with Crippen LogP contribution in [-0.2, 0) is 4.79 Å². The third-order valence-corrected chi connectivity index (χ3v) is 0.392. The average molecular weight is 186 g/mol. The maximum absolute atomic E-state index is 9.47. The SMILES string of the molecule is C=CC#N.C=CC(N)=O.OCCO. The largest absolute Gasteiger partial charge is 0.394 e. The molecule has 0 bridgehead atoms. The summed E-state index contributed by atoms with van der Waals surface area (Å²) in [6.45, 7) is 5.95. The van der Waals surface area contributed by atoms with E-state index in [0.29, 0.717) is 0 Å². The minimum atomic E-state index is -0.481. The van der Waals surface area contributed by atoms with Gasteiger partial charge in [0.2, 0.25) is 5.91 Å². The van der Waals surface area contributed by atoms with Crippen molar-refractivity contribution < 1.29 is 15.0 Å². The number of primary amides is 1. The normalized spacial score (nSPS) is 5.92. The molecule has 4 N–H and O–H groups in total. The van der Waals surface area contributed by atoms with Gasteiger partial charge in [-0.15, -0.1) is 0 Å². The third-order valence-electron chi connectivity index (χ3n) is 0.392. The topological polar surface area (TPSA) is 107 Å². The van der Waals surface area contributed by atoms with E-state index in [-0.39, 0.29) is 13.2 Å². The van der Waals surface area contributed by atoms with Crippen molar-refractivity contribution in [2.24, 2.45) is 5.73 Å². The Balaban J connectivity index is -0.000000117. The smallest absolute Gasteiger partial charge is 0.240 e. The number of aliphatic hydroxyl groups excluding tert-OH is 2. The second-order valence-electron chi connectivity index (χ2n) is 1.39. The molecule has 0 saturated carbocycles. The number of nitrogens with zero attached hydrogens (tertiary/aromatic N) is 1. The van der Waals surface area contributed by atoms with Crippen LogP contribution >= 0.6 is 0 Å². The lowest BCUT2D eigenvalue weighted by molar-refractivity contribution is -0.113. The summed E-state index contributed by atoms with van der Waals surface area (Å²) < 4.78 is 0. The van der Waals surface area contributed by atoms with Crippen LogP contribution in [0.4, 0.5) is 0 Å². The molecule has 0 radical (unpaired) electrons. The van der Waals surface area contributed by atoms with Gasteiger partial charge in [-0.25, -0.2) is 0 Å². The Bertz CT molecular complexity index is 171. The highest BCUT2D eigenvalue weighted by atomic mass is 16.3. The molecule has 0 aliphatic rings. The van der Waals surface area contributed by atoms with Crippen LogP contribution in [0.25, 0.3) is 0 Å². The standard InChI is InChI=1S/C3H5NO.C3H3N.C2H6O2/c1-2-3(4)5;1-2-3-4;3-1-2-4/h2H,1H2,(H2,4,5);2H,1H2;3-4H,1-2H2. The molecule has 0 atom stereocenters. The molecule has 0 saturated heterocycles. The monoisotopic (exact) mass is 186 g/mol. The van der Waals surface area contributed by atoms with Gasteiger partial charge in [0.15, 0.2) is 0 Å². The van der Waals surface area contributed by atoms with Crippen molar-refractivity contribution in [1.82, 2.24) is 0 Å². The van der Waals surface area contributed by atoms with Gasteiger partial charge in [-0.1, -0.05) is 13.2 Å². The lowest BCUT2D eigenvalue weighted by Crippen LogP contribution is -2.04. The maximum atomic E-state index is 9.47. The molecule has 0 aromatic carbocycles. The molecule has 5 nitrogen and oxygen atoms in total. The first-order valence-electron chi connectivity index (χ1n) is 3.24. The summed E-state index contributed by atoms with van der Waals surface area (Å²) in [6, 6.07) is 1.69. The number of hydrogen-bond acceptors (Lipinski definition) is 4. The Morgan fingerprint density at radius 3 is 1.69 bits per heavy atom. The number of rotatable bonds is 2. The molecule has 5 heteroatoms. The van der Waals surface area contributed by atoms with E-state index in [4.69, 9.17) is 15.5 Å². The Labute approximate surface area is 77.4 Å². The minimum Gasteiger partial charge on any atom is -0.394 e. The van der Waals surface area contributed by atoms with Crippen LogP contribution in [-0.4, -0.2) is 29.3 Å². The van der Waals surface area contributed by atoms with Crippen molar-refractivity contribution in [1.29, 1.82) is 5.26 Å². The van der Waals surface area contributed by atoms with Crippen molar-refractivity contribution in [3.05, 3.63) is 25.3 Å². The average Bonchev–Trinajstić information content (AvgIpc) is 2.18. The molecule has 13 heavy (non-hydrogen) atoms. The number of nitrogens with two attached hydrogens (primary N) is 1. The van der Waals surface area contributed by atoms with Gasteiger partial charge in [0.05, 0.1) is 19.3 Å². The van der Waals surface area contributed by atoms with Crippen LogP contribution in [0.15, 0.2) is 25.3 Å². The number of aliphatic hydroxyl groups is 2. The van der Waals surface area contributed by atoms with E-state index in [1.807, 2.05) is 0 Å². The second-order valence-corrected chi connectivity index (χ2v) is 1.39. The highest BCUT2D eigenvalue weighted by molar-refractivity contribution is 5.84. The summed E-state index contributed by atoms with van der Waals surface area (Å²) in [7, 11) is 0. The van der Waals surface area contributed by atoms with Crippen molar-refractivity contribution in [3.63, 3.8) is 0 Å². The van der Waals surface area contributed by atoms with E-state index < -0.39 is 5.91 Å². The first-order chi connectivity index (χ1) is 6.10. The van der Waals surface area contributed by atoms with Gasteiger partial charge in [0, 0.05) is 6.08 Å². The summed E-state index contributed by atoms with van der Waals surface area (Å²) in [5.74, 6) is -0.481. The predicted molar refractivity (Wildman–Crippen MR) is 49.4 cm³/mol. The quantitative estimate of drug-likeness (QED) is 0.392. The van der Waals surface area contributed by atoms with Crippen molar-refractivity contribution in [2.45, 2.75) is 0 Å². The number of carbonyl (C=O) groups excluding carboxylic acids is 1. The highest BCUT2D eigenvalue weighted by Crippen LogP contribution is 1.48. The molecule has 0 aliphatic heterocycles. The molecule has 0 aliphatic carbocycles. The van der Waals surface area contributed by atoms with Gasteiger partial charge in [0.25, 0.3) is 0 Å². The predicted octanol–water partition coefficient (Wildman–Crippen LogP) is -0.675. The fraction of sp³-hybridized carbons (Fsp3) is 0.250. The molecule has 0 unspecified atom stereocenters. The second kappa shape index (κ2) is 22.4. The summed E-state index contributed by atoms with van der Waals surface area (Å²) in [4.78, 5) is 9.47.